The van der Waals surface area contributed by atoms with Crippen LogP contribution in [0.1, 0.15) is 63.4 Å². The maximum atomic E-state index is 12.6. The molecule has 30 heavy (non-hydrogen) atoms. The molecule has 170 valence electrons. The Balaban J connectivity index is 0.00000103. The number of carboxylic acids is 1. The van der Waals surface area contributed by atoms with Crippen LogP contribution in [-0.2, 0) is 25.2 Å². The molecule has 0 radical (unpaired) electrons. The highest BCUT2D eigenvalue weighted by Crippen LogP contribution is 2.29. The van der Waals surface area contributed by atoms with Gasteiger partial charge in [-0.2, -0.15) is 13.2 Å². The fraction of sp³-hybridized carbons (Fsp3) is 0.571. The fourth-order valence-electron chi connectivity index (χ4n) is 1.69. The first-order valence-corrected chi connectivity index (χ1v) is 9.50. The van der Waals surface area contributed by atoms with Gasteiger partial charge in [-0.15, -0.1) is 0 Å². The number of hydrogen-bond acceptors (Lipinski definition) is 5. The first kappa shape index (κ1) is 27.4. The Labute approximate surface area is 174 Å². The van der Waals surface area contributed by atoms with E-state index in [1.54, 1.807) is 20.8 Å². The lowest BCUT2D eigenvalue weighted by Crippen LogP contribution is -2.27. The van der Waals surface area contributed by atoms with Gasteiger partial charge >= 0.3 is 24.1 Å². The number of hydrogen-bond donors (Lipinski definition) is 1. The summed E-state index contributed by atoms with van der Waals surface area (Å²) in [6.45, 7) is 8.48. The highest BCUT2D eigenvalue weighted by Gasteiger charge is 2.31. The molecule has 0 aliphatic heterocycles. The van der Waals surface area contributed by atoms with Crippen molar-refractivity contribution in [3.8, 4) is 0 Å². The Morgan fingerprint density at radius 1 is 1.07 bits per heavy atom. The van der Waals surface area contributed by atoms with Gasteiger partial charge in [-0.3, -0.25) is 9.59 Å². The van der Waals surface area contributed by atoms with Crippen LogP contribution in [0.5, 0.6) is 0 Å². The van der Waals surface area contributed by atoms with E-state index >= 15 is 0 Å². The Kier molecular flexibility index (Phi) is 11.1. The van der Waals surface area contributed by atoms with Gasteiger partial charge in [-0.05, 0) is 44.9 Å². The summed E-state index contributed by atoms with van der Waals surface area (Å²) in [6.07, 6.45) is -3.22. The first-order valence-electron chi connectivity index (χ1n) is 9.50. The lowest BCUT2D eigenvalue weighted by molar-refractivity contribution is -0.155. The zero-order valence-corrected chi connectivity index (χ0v) is 17.8. The van der Waals surface area contributed by atoms with Crippen LogP contribution < -0.4 is 0 Å². The molecule has 1 aromatic carbocycles. The number of esters is 2. The van der Waals surface area contributed by atoms with Crippen LogP contribution in [0, 0.1) is 11.3 Å². The number of rotatable bonds is 8. The van der Waals surface area contributed by atoms with Crippen molar-refractivity contribution in [2.45, 2.75) is 53.6 Å². The van der Waals surface area contributed by atoms with Crippen molar-refractivity contribution in [3.05, 3.63) is 35.4 Å². The van der Waals surface area contributed by atoms with Gasteiger partial charge < -0.3 is 14.6 Å². The van der Waals surface area contributed by atoms with Gasteiger partial charge in [0, 0.05) is 0 Å². The van der Waals surface area contributed by atoms with Crippen LogP contribution in [0.4, 0.5) is 13.2 Å². The van der Waals surface area contributed by atoms with Crippen molar-refractivity contribution in [1.82, 2.24) is 0 Å². The molecule has 1 unspecified atom stereocenters. The molecule has 0 aliphatic carbocycles. The zero-order valence-electron chi connectivity index (χ0n) is 17.8. The summed E-state index contributed by atoms with van der Waals surface area (Å²) in [7, 11) is 0. The number of alkyl halides is 3. The van der Waals surface area contributed by atoms with Gasteiger partial charge in [0.2, 0.25) is 0 Å². The number of carboxylic acid groups (broad SMARTS) is 1. The summed E-state index contributed by atoms with van der Waals surface area (Å²) in [4.78, 5) is 33.3. The molecule has 1 N–H and O–H groups in total. The number of carbonyl (C=O) groups excluding carboxylic acids is 2. The van der Waals surface area contributed by atoms with E-state index in [0.29, 0.717) is 12.5 Å². The number of benzene rings is 1. The van der Waals surface area contributed by atoms with Gasteiger partial charge in [0.25, 0.3) is 0 Å². The van der Waals surface area contributed by atoms with E-state index < -0.39 is 35.1 Å². The van der Waals surface area contributed by atoms with Crippen LogP contribution in [0.3, 0.4) is 0 Å². The number of halogens is 3. The average molecular weight is 434 g/mol. The van der Waals surface area contributed by atoms with E-state index in [1.807, 2.05) is 13.8 Å². The SMILES string of the molecule is CCC(C)(C)C(=O)OCCOC(=O)c1cccc(C(F)(F)F)c1.CCC(C)C(=O)O. The molecule has 0 bridgehead atoms. The molecule has 6 nitrogen and oxygen atoms in total. The third-order valence-corrected chi connectivity index (χ3v) is 4.45. The van der Waals surface area contributed by atoms with Crippen molar-refractivity contribution >= 4 is 17.9 Å². The molecule has 1 atom stereocenters. The van der Waals surface area contributed by atoms with E-state index in [2.05, 4.69) is 0 Å². The van der Waals surface area contributed by atoms with Gasteiger partial charge in [0.1, 0.15) is 13.2 Å². The fourth-order valence-corrected chi connectivity index (χ4v) is 1.69. The van der Waals surface area contributed by atoms with E-state index in [9.17, 15) is 27.6 Å². The Morgan fingerprint density at radius 3 is 2.07 bits per heavy atom. The predicted molar refractivity (Wildman–Crippen MR) is 104 cm³/mol. The molecule has 0 amide bonds. The van der Waals surface area contributed by atoms with Crippen LogP contribution in [0.2, 0.25) is 0 Å². The van der Waals surface area contributed by atoms with E-state index in [1.165, 1.54) is 6.07 Å². The van der Waals surface area contributed by atoms with Crippen molar-refractivity contribution < 1.29 is 42.1 Å². The molecule has 0 aromatic heterocycles. The van der Waals surface area contributed by atoms with Gasteiger partial charge in [0.05, 0.1) is 22.5 Å². The third-order valence-electron chi connectivity index (χ3n) is 4.45. The molecule has 0 saturated carbocycles. The molecule has 0 aliphatic rings. The molecule has 1 aromatic rings. The molecule has 1 rings (SSSR count). The molecule has 0 heterocycles. The summed E-state index contributed by atoms with van der Waals surface area (Å²) >= 11 is 0. The Hall–Kier alpha value is -2.58. The second-order valence-corrected chi connectivity index (χ2v) is 7.24. The molecular weight excluding hydrogens is 405 g/mol. The summed E-state index contributed by atoms with van der Waals surface area (Å²) in [5.41, 5.74) is -1.77. The Bertz CT molecular complexity index is 713. The van der Waals surface area contributed by atoms with Gasteiger partial charge in [-0.1, -0.05) is 26.8 Å². The smallest absolute Gasteiger partial charge is 0.416 e. The summed E-state index contributed by atoms with van der Waals surface area (Å²) in [5.74, 6) is -2.21. The summed E-state index contributed by atoms with van der Waals surface area (Å²) in [6, 6.07) is 3.94. The molecule has 9 heteroatoms. The van der Waals surface area contributed by atoms with Crippen molar-refractivity contribution in [3.63, 3.8) is 0 Å². The number of ether oxygens (including phenoxy) is 2. The quantitative estimate of drug-likeness (QED) is 0.460. The molecular formula is C21H29F3O6. The minimum Gasteiger partial charge on any atom is -0.481 e. The van der Waals surface area contributed by atoms with Crippen LogP contribution in [-0.4, -0.2) is 36.2 Å². The Morgan fingerprint density at radius 2 is 1.63 bits per heavy atom. The molecule has 0 fully saturated rings. The lowest BCUT2D eigenvalue weighted by atomic mass is 9.91. The number of aliphatic carboxylic acids is 1. The largest absolute Gasteiger partial charge is 0.481 e. The third kappa shape index (κ3) is 9.76. The van der Waals surface area contributed by atoms with E-state index in [0.717, 1.165) is 18.6 Å². The highest BCUT2D eigenvalue weighted by molar-refractivity contribution is 5.89. The maximum Gasteiger partial charge on any atom is 0.416 e. The van der Waals surface area contributed by atoms with Gasteiger partial charge in [-0.25, -0.2) is 4.79 Å². The second kappa shape index (κ2) is 12.2. The number of carbonyl (C=O) groups is 3. The normalized spacial score (nSPS) is 12.3. The average Bonchev–Trinajstić information content (AvgIpc) is 2.69. The lowest BCUT2D eigenvalue weighted by Gasteiger charge is -2.20. The second-order valence-electron chi connectivity index (χ2n) is 7.24. The van der Waals surface area contributed by atoms with Crippen LogP contribution >= 0.6 is 0 Å². The monoisotopic (exact) mass is 434 g/mol. The first-order chi connectivity index (χ1) is 13.8. The van der Waals surface area contributed by atoms with E-state index in [4.69, 9.17) is 14.6 Å². The minimum atomic E-state index is -4.53. The van der Waals surface area contributed by atoms with E-state index in [-0.39, 0.29) is 24.7 Å². The van der Waals surface area contributed by atoms with Crippen LogP contribution in [0.25, 0.3) is 0 Å². The highest BCUT2D eigenvalue weighted by atomic mass is 19.4. The summed E-state index contributed by atoms with van der Waals surface area (Å²) in [5, 5.41) is 8.18. The standard InChI is InChI=1S/C16H19F3O4.C5H10O2/c1-4-15(2,3)14(21)23-9-8-22-13(20)11-6-5-7-12(10-11)16(17,18)19;1-3-4(2)5(6)7/h5-7,10H,4,8-9H2,1-3H3;4H,3H2,1-2H3,(H,6,7). The van der Waals surface area contributed by atoms with Crippen molar-refractivity contribution in [1.29, 1.82) is 0 Å². The van der Waals surface area contributed by atoms with Crippen molar-refractivity contribution in [2.75, 3.05) is 13.2 Å². The topological polar surface area (TPSA) is 89.9 Å². The minimum absolute atomic E-state index is 0.146. The zero-order chi connectivity index (χ0) is 23.5. The van der Waals surface area contributed by atoms with Crippen molar-refractivity contribution in [2.24, 2.45) is 11.3 Å². The van der Waals surface area contributed by atoms with Crippen LogP contribution in [0.15, 0.2) is 24.3 Å². The summed E-state index contributed by atoms with van der Waals surface area (Å²) < 4.78 is 47.5. The maximum absolute atomic E-state index is 12.6. The molecule has 0 saturated heterocycles. The predicted octanol–water partition coefficient (Wildman–Crippen LogP) is 4.96. The molecule has 0 spiro atoms. The van der Waals surface area contributed by atoms with Gasteiger partial charge in [0.15, 0.2) is 0 Å².